The minimum absolute atomic E-state index is 0.00114. The molecule has 0 aliphatic carbocycles. The molecule has 1 N–H and O–H groups in total. The molecule has 1 aromatic rings. The zero-order chi connectivity index (χ0) is 15.2. The SMILES string of the molecule is CCCOc1cc(NC(C)C2CCCO2)ccc1[N+](=O)[O-]. The molecule has 0 spiro atoms. The van der Waals surface area contributed by atoms with Gasteiger partial charge in [-0.3, -0.25) is 10.1 Å². The molecule has 1 fully saturated rings. The summed E-state index contributed by atoms with van der Waals surface area (Å²) in [6.07, 6.45) is 3.13. The number of nitro groups is 1. The molecule has 21 heavy (non-hydrogen) atoms. The summed E-state index contributed by atoms with van der Waals surface area (Å²) in [5.41, 5.74) is 0.813. The Kier molecular flexibility index (Phi) is 5.38. The molecule has 2 rings (SSSR count). The third kappa shape index (κ3) is 4.07. The highest BCUT2D eigenvalue weighted by Gasteiger charge is 2.23. The van der Waals surface area contributed by atoms with Crippen molar-refractivity contribution in [2.75, 3.05) is 18.5 Å². The Labute approximate surface area is 124 Å². The van der Waals surface area contributed by atoms with Gasteiger partial charge in [0.15, 0.2) is 5.75 Å². The van der Waals surface area contributed by atoms with Crippen molar-refractivity contribution >= 4 is 11.4 Å². The van der Waals surface area contributed by atoms with Crippen molar-refractivity contribution in [1.82, 2.24) is 0 Å². The van der Waals surface area contributed by atoms with Crippen molar-refractivity contribution in [2.45, 2.75) is 45.3 Å². The predicted octanol–water partition coefficient (Wildman–Crippen LogP) is 3.36. The highest BCUT2D eigenvalue weighted by Crippen LogP contribution is 2.31. The molecular weight excluding hydrogens is 272 g/mol. The van der Waals surface area contributed by atoms with Gasteiger partial charge in [-0.1, -0.05) is 6.92 Å². The molecular formula is C15H22N2O4. The average Bonchev–Trinajstić information content (AvgIpc) is 2.99. The van der Waals surface area contributed by atoms with Crippen LogP contribution in [0, 0.1) is 10.1 Å². The first-order chi connectivity index (χ1) is 10.1. The van der Waals surface area contributed by atoms with Gasteiger partial charge in [-0.15, -0.1) is 0 Å². The van der Waals surface area contributed by atoms with E-state index in [1.165, 1.54) is 6.07 Å². The van der Waals surface area contributed by atoms with Crippen LogP contribution < -0.4 is 10.1 Å². The summed E-state index contributed by atoms with van der Waals surface area (Å²) in [7, 11) is 0. The van der Waals surface area contributed by atoms with Crippen molar-refractivity contribution in [1.29, 1.82) is 0 Å². The maximum atomic E-state index is 11.0. The molecule has 0 bridgehead atoms. The van der Waals surface area contributed by atoms with E-state index in [9.17, 15) is 10.1 Å². The van der Waals surface area contributed by atoms with Gasteiger partial charge in [0.25, 0.3) is 0 Å². The van der Waals surface area contributed by atoms with Crippen molar-refractivity contribution in [3.05, 3.63) is 28.3 Å². The molecule has 0 amide bonds. The number of nitro benzene ring substituents is 1. The third-order valence-electron chi connectivity index (χ3n) is 3.54. The smallest absolute Gasteiger partial charge is 0.311 e. The van der Waals surface area contributed by atoms with Crippen LogP contribution in [0.3, 0.4) is 0 Å². The Morgan fingerprint density at radius 3 is 3.00 bits per heavy atom. The maximum Gasteiger partial charge on any atom is 0.311 e. The van der Waals surface area contributed by atoms with Crippen LogP contribution in [0.5, 0.6) is 5.75 Å². The van der Waals surface area contributed by atoms with Crippen molar-refractivity contribution in [2.24, 2.45) is 0 Å². The van der Waals surface area contributed by atoms with Crippen molar-refractivity contribution in [3.63, 3.8) is 0 Å². The van der Waals surface area contributed by atoms with E-state index in [1.807, 2.05) is 6.92 Å². The molecule has 1 heterocycles. The molecule has 6 heteroatoms. The minimum atomic E-state index is -0.418. The van der Waals surface area contributed by atoms with E-state index in [4.69, 9.17) is 9.47 Å². The van der Waals surface area contributed by atoms with Gasteiger partial charge in [-0.2, -0.15) is 0 Å². The van der Waals surface area contributed by atoms with Gasteiger partial charge in [0, 0.05) is 30.5 Å². The lowest BCUT2D eigenvalue weighted by Gasteiger charge is -2.21. The number of benzene rings is 1. The summed E-state index contributed by atoms with van der Waals surface area (Å²) in [6, 6.07) is 5.05. The Balaban J connectivity index is 2.10. The topological polar surface area (TPSA) is 73.6 Å². The van der Waals surface area contributed by atoms with Crippen LogP contribution in [0.25, 0.3) is 0 Å². The molecule has 0 saturated carbocycles. The number of hydrogen-bond donors (Lipinski definition) is 1. The quantitative estimate of drug-likeness (QED) is 0.616. The van der Waals surface area contributed by atoms with Crippen molar-refractivity contribution < 1.29 is 14.4 Å². The Morgan fingerprint density at radius 2 is 2.38 bits per heavy atom. The maximum absolute atomic E-state index is 11.0. The van der Waals surface area contributed by atoms with Gasteiger partial charge in [0.2, 0.25) is 0 Å². The Morgan fingerprint density at radius 1 is 1.57 bits per heavy atom. The summed E-state index contributed by atoms with van der Waals surface area (Å²) in [5, 5.41) is 14.4. The number of anilines is 1. The largest absolute Gasteiger partial charge is 0.487 e. The second kappa shape index (κ2) is 7.26. The second-order valence-electron chi connectivity index (χ2n) is 5.27. The summed E-state index contributed by atoms with van der Waals surface area (Å²) < 4.78 is 11.1. The first-order valence-corrected chi connectivity index (χ1v) is 7.41. The van der Waals surface area contributed by atoms with Crippen LogP contribution >= 0.6 is 0 Å². The van der Waals surface area contributed by atoms with E-state index in [0.29, 0.717) is 12.4 Å². The van der Waals surface area contributed by atoms with Crippen LogP contribution in [0.4, 0.5) is 11.4 Å². The number of hydrogen-bond acceptors (Lipinski definition) is 5. The fourth-order valence-electron chi connectivity index (χ4n) is 2.44. The first kappa shape index (κ1) is 15.6. The van der Waals surface area contributed by atoms with E-state index in [0.717, 1.165) is 31.6 Å². The molecule has 1 saturated heterocycles. The molecule has 116 valence electrons. The molecule has 1 aromatic carbocycles. The number of rotatable bonds is 7. The molecule has 0 radical (unpaired) electrons. The summed E-state index contributed by atoms with van der Waals surface area (Å²) in [5.74, 6) is 0.311. The average molecular weight is 294 g/mol. The molecule has 2 unspecified atom stereocenters. The molecule has 2 atom stereocenters. The van der Waals surface area contributed by atoms with Gasteiger partial charge in [-0.25, -0.2) is 0 Å². The summed E-state index contributed by atoms with van der Waals surface area (Å²) >= 11 is 0. The minimum Gasteiger partial charge on any atom is -0.487 e. The zero-order valence-electron chi connectivity index (χ0n) is 12.5. The van der Waals surface area contributed by atoms with Gasteiger partial charge < -0.3 is 14.8 Å². The highest BCUT2D eigenvalue weighted by molar-refractivity contribution is 5.58. The van der Waals surface area contributed by atoms with Gasteiger partial charge >= 0.3 is 5.69 Å². The molecule has 6 nitrogen and oxygen atoms in total. The number of nitrogens with one attached hydrogen (secondary N) is 1. The van der Waals surface area contributed by atoms with Crippen LogP contribution in [-0.2, 0) is 4.74 Å². The van der Waals surface area contributed by atoms with E-state index < -0.39 is 4.92 Å². The number of nitrogens with zero attached hydrogens (tertiary/aromatic N) is 1. The van der Waals surface area contributed by atoms with Gasteiger partial charge in [0.05, 0.1) is 17.6 Å². The fraction of sp³-hybridized carbons (Fsp3) is 0.600. The summed E-state index contributed by atoms with van der Waals surface area (Å²) in [6.45, 7) is 5.30. The monoisotopic (exact) mass is 294 g/mol. The standard InChI is InChI=1S/C15H22N2O4/c1-3-8-20-15-10-12(6-7-13(15)17(18)19)16-11(2)14-5-4-9-21-14/h6-7,10-11,14,16H,3-5,8-9H2,1-2H3. The summed E-state index contributed by atoms with van der Waals surface area (Å²) in [4.78, 5) is 10.6. The van der Waals surface area contributed by atoms with E-state index in [2.05, 4.69) is 12.2 Å². The van der Waals surface area contributed by atoms with Crippen LogP contribution in [-0.4, -0.2) is 30.3 Å². The normalized spacial score (nSPS) is 19.2. The molecule has 1 aliphatic heterocycles. The Bertz CT molecular complexity index is 487. The molecule has 1 aliphatic rings. The lowest BCUT2D eigenvalue weighted by molar-refractivity contribution is -0.385. The first-order valence-electron chi connectivity index (χ1n) is 7.41. The van der Waals surface area contributed by atoms with Crippen LogP contribution in [0.15, 0.2) is 18.2 Å². The van der Waals surface area contributed by atoms with Crippen LogP contribution in [0.1, 0.15) is 33.1 Å². The highest BCUT2D eigenvalue weighted by atomic mass is 16.6. The zero-order valence-corrected chi connectivity index (χ0v) is 12.5. The van der Waals surface area contributed by atoms with Crippen molar-refractivity contribution in [3.8, 4) is 5.75 Å². The van der Waals surface area contributed by atoms with E-state index in [1.54, 1.807) is 12.1 Å². The van der Waals surface area contributed by atoms with E-state index in [-0.39, 0.29) is 17.8 Å². The fourth-order valence-corrected chi connectivity index (χ4v) is 2.44. The van der Waals surface area contributed by atoms with Gasteiger partial charge in [-0.05, 0) is 32.3 Å². The third-order valence-corrected chi connectivity index (χ3v) is 3.54. The number of ether oxygens (including phenoxy) is 2. The van der Waals surface area contributed by atoms with Crippen LogP contribution in [0.2, 0.25) is 0 Å². The lowest BCUT2D eigenvalue weighted by Crippen LogP contribution is -2.29. The van der Waals surface area contributed by atoms with E-state index >= 15 is 0 Å². The van der Waals surface area contributed by atoms with Gasteiger partial charge in [0.1, 0.15) is 0 Å². The molecule has 0 aromatic heterocycles. The predicted molar refractivity (Wildman–Crippen MR) is 80.9 cm³/mol. The second-order valence-corrected chi connectivity index (χ2v) is 5.27. The lowest BCUT2D eigenvalue weighted by atomic mass is 10.1. The Hall–Kier alpha value is -1.82.